The maximum Gasteiger partial charge on any atom is 0.150 e. The van der Waals surface area contributed by atoms with Crippen molar-refractivity contribution >= 4 is 17.9 Å². The second-order valence-electron chi connectivity index (χ2n) is 5.35. The number of halogens is 1. The first kappa shape index (κ1) is 17.4. The summed E-state index contributed by atoms with van der Waals surface area (Å²) in [5, 5.41) is 0.426. The number of aldehydes is 1. The number of para-hydroxylation sites is 1. The predicted octanol–water partition coefficient (Wildman–Crippen LogP) is 5.12. The lowest BCUT2D eigenvalue weighted by Crippen LogP contribution is -2.10. The molecule has 1 atom stereocenters. The van der Waals surface area contributed by atoms with E-state index >= 15 is 0 Å². The minimum absolute atomic E-state index is 0.384. The van der Waals surface area contributed by atoms with E-state index in [1.54, 1.807) is 18.2 Å². The zero-order chi connectivity index (χ0) is 16.7. The number of hydrogen-bond donors (Lipinski definition) is 0. The van der Waals surface area contributed by atoms with E-state index in [1.807, 2.05) is 18.2 Å². The maximum atomic E-state index is 10.7. The van der Waals surface area contributed by atoms with E-state index in [2.05, 4.69) is 19.9 Å². The molecule has 2 aromatic rings. The summed E-state index contributed by atoms with van der Waals surface area (Å²) < 4.78 is 11.5. The molecule has 0 N–H and O–H groups in total. The van der Waals surface area contributed by atoms with Gasteiger partial charge in [0.15, 0.2) is 0 Å². The van der Waals surface area contributed by atoms with Gasteiger partial charge in [-0.1, -0.05) is 43.6 Å². The molecule has 122 valence electrons. The number of carbonyl (C=O) groups is 1. The first-order valence-corrected chi connectivity index (χ1v) is 8.12. The fourth-order valence-corrected chi connectivity index (χ4v) is 2.49. The van der Waals surface area contributed by atoms with Crippen molar-refractivity contribution in [1.82, 2.24) is 0 Å². The van der Waals surface area contributed by atoms with Crippen LogP contribution in [0.15, 0.2) is 42.5 Å². The molecule has 0 saturated heterocycles. The molecule has 4 heteroatoms. The Kier molecular flexibility index (Phi) is 6.48. The molecule has 3 nitrogen and oxygen atoms in total. The van der Waals surface area contributed by atoms with E-state index in [-0.39, 0.29) is 0 Å². The smallest absolute Gasteiger partial charge is 0.150 e. The number of benzene rings is 2. The minimum atomic E-state index is 0.384. The van der Waals surface area contributed by atoms with Crippen LogP contribution in [-0.4, -0.2) is 19.5 Å². The lowest BCUT2D eigenvalue weighted by atomic mass is 9.98. The molecule has 2 aromatic carbocycles. The largest absolute Gasteiger partial charge is 0.490 e. The van der Waals surface area contributed by atoms with E-state index in [9.17, 15) is 4.79 Å². The van der Waals surface area contributed by atoms with E-state index in [0.717, 1.165) is 18.5 Å². The predicted molar refractivity (Wildman–Crippen MR) is 93.0 cm³/mol. The van der Waals surface area contributed by atoms with Gasteiger partial charge in [-0.25, -0.2) is 0 Å². The maximum absolute atomic E-state index is 10.7. The van der Waals surface area contributed by atoms with Crippen LogP contribution in [0.5, 0.6) is 11.5 Å². The highest BCUT2D eigenvalue weighted by molar-refractivity contribution is 6.32. The Morgan fingerprint density at radius 2 is 1.78 bits per heavy atom. The molecule has 0 spiro atoms. The van der Waals surface area contributed by atoms with Gasteiger partial charge in [0.2, 0.25) is 0 Å². The van der Waals surface area contributed by atoms with Crippen molar-refractivity contribution in [3.63, 3.8) is 0 Å². The lowest BCUT2D eigenvalue weighted by molar-refractivity contribution is 0.112. The normalized spacial score (nSPS) is 11.8. The van der Waals surface area contributed by atoms with Crippen LogP contribution >= 0.6 is 11.6 Å². The van der Waals surface area contributed by atoms with Gasteiger partial charge < -0.3 is 9.47 Å². The van der Waals surface area contributed by atoms with E-state index in [0.29, 0.717) is 35.5 Å². The average Bonchev–Trinajstić information content (AvgIpc) is 2.59. The van der Waals surface area contributed by atoms with Crippen molar-refractivity contribution in [3.05, 3.63) is 58.6 Å². The number of hydrogen-bond acceptors (Lipinski definition) is 3. The third-order valence-corrected chi connectivity index (χ3v) is 4.05. The molecule has 0 aromatic heterocycles. The van der Waals surface area contributed by atoms with Gasteiger partial charge in [0.05, 0.1) is 5.02 Å². The zero-order valence-electron chi connectivity index (χ0n) is 13.4. The van der Waals surface area contributed by atoms with E-state index in [1.165, 1.54) is 5.56 Å². The van der Waals surface area contributed by atoms with Crippen molar-refractivity contribution in [3.8, 4) is 11.5 Å². The monoisotopic (exact) mass is 332 g/mol. The summed E-state index contributed by atoms with van der Waals surface area (Å²) in [5.41, 5.74) is 1.74. The van der Waals surface area contributed by atoms with Crippen molar-refractivity contribution in [1.29, 1.82) is 0 Å². The molecular formula is C19H21ClO3. The molecular weight excluding hydrogens is 312 g/mol. The summed E-state index contributed by atoms with van der Waals surface area (Å²) in [5.74, 6) is 1.90. The van der Waals surface area contributed by atoms with E-state index < -0.39 is 0 Å². The molecule has 0 heterocycles. The summed E-state index contributed by atoms with van der Waals surface area (Å²) in [4.78, 5) is 10.7. The Morgan fingerprint density at radius 3 is 2.43 bits per heavy atom. The summed E-state index contributed by atoms with van der Waals surface area (Å²) >= 11 is 6.06. The van der Waals surface area contributed by atoms with Crippen LogP contribution in [0.4, 0.5) is 0 Å². The fourth-order valence-electron chi connectivity index (χ4n) is 2.25. The molecule has 0 aliphatic rings. The van der Waals surface area contributed by atoms with Crippen molar-refractivity contribution in [2.24, 2.45) is 0 Å². The first-order chi connectivity index (χ1) is 11.2. The molecule has 1 unspecified atom stereocenters. The van der Waals surface area contributed by atoms with Gasteiger partial charge in [-0.2, -0.15) is 0 Å². The summed E-state index contributed by atoms with van der Waals surface area (Å²) in [6.45, 7) is 5.16. The highest BCUT2D eigenvalue weighted by Crippen LogP contribution is 2.28. The topological polar surface area (TPSA) is 35.5 Å². The Hall–Kier alpha value is -2.00. The number of carbonyl (C=O) groups excluding carboxylic acids is 1. The zero-order valence-corrected chi connectivity index (χ0v) is 14.2. The Balaban J connectivity index is 1.90. The number of rotatable bonds is 8. The highest BCUT2D eigenvalue weighted by atomic mass is 35.5. The van der Waals surface area contributed by atoms with Crippen LogP contribution in [0.2, 0.25) is 5.02 Å². The van der Waals surface area contributed by atoms with Crippen molar-refractivity contribution in [2.45, 2.75) is 26.2 Å². The summed E-state index contributed by atoms with van der Waals surface area (Å²) in [6, 6.07) is 13.0. The quantitative estimate of drug-likeness (QED) is 0.497. The van der Waals surface area contributed by atoms with Crippen LogP contribution < -0.4 is 9.47 Å². The summed E-state index contributed by atoms with van der Waals surface area (Å²) in [6.07, 6.45) is 1.82. The van der Waals surface area contributed by atoms with Gasteiger partial charge >= 0.3 is 0 Å². The second kappa shape index (κ2) is 8.59. The first-order valence-electron chi connectivity index (χ1n) is 7.75. The molecule has 0 saturated carbocycles. The van der Waals surface area contributed by atoms with Gasteiger partial charge in [-0.05, 0) is 42.2 Å². The Bertz CT molecular complexity index is 655. The van der Waals surface area contributed by atoms with Gasteiger partial charge in [-0.3, -0.25) is 4.79 Å². The minimum Gasteiger partial charge on any atom is -0.490 e. The second-order valence-corrected chi connectivity index (χ2v) is 5.76. The van der Waals surface area contributed by atoms with Crippen LogP contribution in [0.3, 0.4) is 0 Å². The lowest BCUT2D eigenvalue weighted by Gasteiger charge is -2.16. The SMILES string of the molecule is CCC(C)c1ccccc1OCCOc1ccc(C=O)cc1Cl. The standard InChI is InChI=1S/C19H21ClO3/c1-3-14(2)16-6-4-5-7-18(16)22-10-11-23-19-9-8-15(13-21)12-17(19)20/h4-9,12-14H,3,10-11H2,1-2H3. The van der Waals surface area contributed by atoms with Gasteiger partial charge in [0.25, 0.3) is 0 Å². The molecule has 0 fully saturated rings. The Labute approximate surface area is 142 Å². The average molecular weight is 333 g/mol. The van der Waals surface area contributed by atoms with Gasteiger partial charge in [0, 0.05) is 5.56 Å². The molecule has 0 bridgehead atoms. The fraction of sp³-hybridized carbons (Fsp3) is 0.316. The summed E-state index contributed by atoms with van der Waals surface area (Å²) in [7, 11) is 0. The molecule has 0 radical (unpaired) electrons. The highest BCUT2D eigenvalue weighted by Gasteiger charge is 2.09. The number of ether oxygens (including phenoxy) is 2. The molecule has 0 amide bonds. The van der Waals surface area contributed by atoms with Crippen molar-refractivity contribution < 1.29 is 14.3 Å². The third-order valence-electron chi connectivity index (χ3n) is 3.75. The molecule has 0 aliphatic carbocycles. The molecule has 0 aliphatic heterocycles. The van der Waals surface area contributed by atoms with Crippen LogP contribution in [0, 0.1) is 0 Å². The van der Waals surface area contributed by atoms with Crippen LogP contribution in [-0.2, 0) is 0 Å². The van der Waals surface area contributed by atoms with Gasteiger partial charge in [-0.15, -0.1) is 0 Å². The molecule has 23 heavy (non-hydrogen) atoms. The third kappa shape index (κ3) is 4.73. The van der Waals surface area contributed by atoms with Crippen molar-refractivity contribution in [2.75, 3.05) is 13.2 Å². The van der Waals surface area contributed by atoms with Crippen LogP contribution in [0.25, 0.3) is 0 Å². The van der Waals surface area contributed by atoms with E-state index in [4.69, 9.17) is 21.1 Å². The Morgan fingerprint density at radius 1 is 1.09 bits per heavy atom. The van der Waals surface area contributed by atoms with Gasteiger partial charge in [0.1, 0.15) is 31.0 Å². The van der Waals surface area contributed by atoms with Crippen LogP contribution in [0.1, 0.15) is 42.1 Å². The molecule has 2 rings (SSSR count).